The molecule has 3 nitrogen and oxygen atoms in total. The first-order valence-corrected chi connectivity index (χ1v) is 5.07. The highest BCUT2D eigenvalue weighted by Gasteiger charge is 2.13. The van der Waals surface area contributed by atoms with Gasteiger partial charge in [0.05, 0.1) is 16.1 Å². The minimum Gasteiger partial charge on any atom is -0.506 e. The normalized spacial score (nSPS) is 11.3. The Labute approximate surface area is 103 Å². The summed E-state index contributed by atoms with van der Waals surface area (Å²) in [7, 11) is 0. The van der Waals surface area contributed by atoms with Gasteiger partial charge in [-0.15, -0.1) is 12.4 Å². The van der Waals surface area contributed by atoms with E-state index < -0.39 is 0 Å². The average Bonchev–Trinajstić information content (AvgIpc) is 2.20. The Bertz CT molecular complexity index is 390. The van der Waals surface area contributed by atoms with Crippen molar-refractivity contribution >= 4 is 28.3 Å². The van der Waals surface area contributed by atoms with Gasteiger partial charge in [0.1, 0.15) is 5.75 Å². The number of aromatic hydroxyl groups is 1. The molecule has 82 valence electrons. The molecule has 1 aromatic rings. The lowest BCUT2D eigenvalue weighted by Gasteiger charge is -2.12. The SMILES string of the molecule is CC[C@H](N)c1cc(C#N)cc(Br)c1O.Cl. The lowest BCUT2D eigenvalue weighted by atomic mass is 10.0. The third-order valence-corrected chi connectivity index (χ3v) is 2.67. The van der Waals surface area contributed by atoms with Crippen molar-refractivity contribution in [2.45, 2.75) is 19.4 Å². The van der Waals surface area contributed by atoms with Crippen LogP contribution in [-0.2, 0) is 0 Å². The fourth-order valence-corrected chi connectivity index (χ4v) is 1.66. The number of hydrogen-bond donors (Lipinski definition) is 2. The van der Waals surface area contributed by atoms with Gasteiger partial charge in [0, 0.05) is 11.6 Å². The summed E-state index contributed by atoms with van der Waals surface area (Å²) in [5, 5.41) is 18.4. The molecule has 0 spiro atoms. The van der Waals surface area contributed by atoms with Gasteiger partial charge in [-0.1, -0.05) is 6.92 Å². The zero-order valence-electron chi connectivity index (χ0n) is 8.20. The number of nitriles is 1. The van der Waals surface area contributed by atoms with Crippen LogP contribution in [0.3, 0.4) is 0 Å². The van der Waals surface area contributed by atoms with E-state index in [0.29, 0.717) is 15.6 Å². The summed E-state index contributed by atoms with van der Waals surface area (Å²) in [6.07, 6.45) is 0.717. The molecular formula is C10H12BrClN2O. The van der Waals surface area contributed by atoms with Crippen molar-refractivity contribution in [3.63, 3.8) is 0 Å². The number of phenolic OH excluding ortho intramolecular Hbond substituents is 1. The second kappa shape index (κ2) is 5.96. The molecule has 0 bridgehead atoms. The van der Waals surface area contributed by atoms with Gasteiger partial charge in [0.2, 0.25) is 0 Å². The molecule has 0 amide bonds. The maximum atomic E-state index is 9.68. The summed E-state index contributed by atoms with van der Waals surface area (Å²) in [5.74, 6) is 0.123. The number of halogens is 2. The third kappa shape index (κ3) is 3.10. The van der Waals surface area contributed by atoms with E-state index in [-0.39, 0.29) is 24.2 Å². The van der Waals surface area contributed by atoms with Crippen molar-refractivity contribution in [1.82, 2.24) is 0 Å². The molecular weight excluding hydrogens is 279 g/mol. The summed E-state index contributed by atoms with van der Waals surface area (Å²) >= 11 is 3.18. The van der Waals surface area contributed by atoms with Crippen LogP contribution in [0.1, 0.15) is 30.5 Å². The predicted molar refractivity (Wildman–Crippen MR) is 65.0 cm³/mol. The van der Waals surface area contributed by atoms with Gasteiger partial charge in [-0.2, -0.15) is 5.26 Å². The Balaban J connectivity index is 0.00000196. The maximum absolute atomic E-state index is 9.68. The van der Waals surface area contributed by atoms with Crippen LogP contribution in [0.4, 0.5) is 0 Å². The Kier molecular flexibility index (Phi) is 5.66. The Hall–Kier alpha value is -0.760. The van der Waals surface area contributed by atoms with Crippen LogP contribution in [0, 0.1) is 11.3 Å². The number of nitrogens with zero attached hydrogens (tertiary/aromatic N) is 1. The molecule has 15 heavy (non-hydrogen) atoms. The minimum atomic E-state index is -0.236. The number of phenols is 1. The molecule has 0 unspecified atom stereocenters. The number of rotatable bonds is 2. The van der Waals surface area contributed by atoms with Crippen LogP contribution in [0.25, 0.3) is 0 Å². The van der Waals surface area contributed by atoms with Crippen molar-refractivity contribution in [2.75, 3.05) is 0 Å². The standard InChI is InChI=1S/C10H11BrN2O.ClH/c1-2-9(13)7-3-6(5-12)4-8(11)10(7)14;/h3-4,9,14H,2,13H2,1H3;1H/t9-;/m0./s1. The summed E-state index contributed by atoms with van der Waals surface area (Å²) in [6, 6.07) is 4.97. The van der Waals surface area contributed by atoms with Gasteiger partial charge in [-0.25, -0.2) is 0 Å². The van der Waals surface area contributed by atoms with Crippen LogP contribution >= 0.6 is 28.3 Å². The lowest BCUT2D eigenvalue weighted by Crippen LogP contribution is -2.09. The van der Waals surface area contributed by atoms with E-state index in [2.05, 4.69) is 15.9 Å². The molecule has 1 atom stereocenters. The Morgan fingerprint density at radius 1 is 1.60 bits per heavy atom. The van der Waals surface area contributed by atoms with Crippen LogP contribution in [-0.4, -0.2) is 5.11 Å². The molecule has 3 N–H and O–H groups in total. The summed E-state index contributed by atoms with van der Waals surface area (Å²) in [6.45, 7) is 1.93. The molecule has 5 heteroatoms. The van der Waals surface area contributed by atoms with E-state index in [1.807, 2.05) is 13.0 Å². The Morgan fingerprint density at radius 2 is 2.20 bits per heavy atom. The van der Waals surface area contributed by atoms with E-state index in [1.165, 1.54) is 0 Å². The molecule has 0 saturated heterocycles. The van der Waals surface area contributed by atoms with E-state index in [0.717, 1.165) is 6.42 Å². The maximum Gasteiger partial charge on any atom is 0.134 e. The highest BCUT2D eigenvalue weighted by Crippen LogP contribution is 2.33. The van der Waals surface area contributed by atoms with Crippen molar-refractivity contribution < 1.29 is 5.11 Å². The number of benzene rings is 1. The molecule has 0 aliphatic heterocycles. The molecule has 1 aromatic carbocycles. The van der Waals surface area contributed by atoms with Crippen LogP contribution < -0.4 is 5.73 Å². The third-order valence-electron chi connectivity index (χ3n) is 2.06. The topological polar surface area (TPSA) is 70.0 Å². The van der Waals surface area contributed by atoms with E-state index in [1.54, 1.807) is 12.1 Å². The second-order valence-corrected chi connectivity index (χ2v) is 3.88. The zero-order valence-corrected chi connectivity index (χ0v) is 10.6. The van der Waals surface area contributed by atoms with E-state index in [4.69, 9.17) is 11.0 Å². The minimum absolute atomic E-state index is 0. The summed E-state index contributed by atoms with van der Waals surface area (Å²) < 4.78 is 0.510. The van der Waals surface area contributed by atoms with E-state index >= 15 is 0 Å². The smallest absolute Gasteiger partial charge is 0.134 e. The van der Waals surface area contributed by atoms with Gasteiger partial charge in [-0.3, -0.25) is 0 Å². The van der Waals surface area contributed by atoms with Gasteiger partial charge in [0.15, 0.2) is 0 Å². The Morgan fingerprint density at radius 3 is 2.67 bits per heavy atom. The van der Waals surface area contributed by atoms with Gasteiger partial charge in [-0.05, 0) is 34.5 Å². The quantitative estimate of drug-likeness (QED) is 0.880. The van der Waals surface area contributed by atoms with E-state index in [9.17, 15) is 5.11 Å². The lowest BCUT2D eigenvalue weighted by molar-refractivity contribution is 0.457. The molecule has 0 heterocycles. The molecule has 0 aromatic heterocycles. The second-order valence-electron chi connectivity index (χ2n) is 3.02. The van der Waals surface area contributed by atoms with Gasteiger partial charge in [0.25, 0.3) is 0 Å². The molecule has 0 radical (unpaired) electrons. The summed E-state index contributed by atoms with van der Waals surface area (Å²) in [4.78, 5) is 0. The fraction of sp³-hybridized carbons (Fsp3) is 0.300. The highest BCUT2D eigenvalue weighted by atomic mass is 79.9. The summed E-state index contributed by atoms with van der Waals surface area (Å²) in [5.41, 5.74) is 6.90. The molecule has 0 fully saturated rings. The molecule has 0 aliphatic carbocycles. The molecule has 0 saturated carbocycles. The van der Waals surface area contributed by atoms with Crippen molar-refractivity contribution in [1.29, 1.82) is 5.26 Å². The first kappa shape index (κ1) is 14.2. The van der Waals surface area contributed by atoms with Crippen LogP contribution in [0.15, 0.2) is 16.6 Å². The first-order valence-electron chi connectivity index (χ1n) is 4.28. The number of nitrogens with two attached hydrogens (primary N) is 1. The largest absolute Gasteiger partial charge is 0.506 e. The van der Waals surface area contributed by atoms with Crippen molar-refractivity contribution in [3.05, 3.63) is 27.7 Å². The van der Waals surface area contributed by atoms with Crippen LogP contribution in [0.2, 0.25) is 0 Å². The predicted octanol–water partition coefficient (Wildman–Crippen LogP) is 2.86. The fourth-order valence-electron chi connectivity index (χ4n) is 1.19. The highest BCUT2D eigenvalue weighted by molar-refractivity contribution is 9.10. The number of hydrogen-bond acceptors (Lipinski definition) is 3. The van der Waals surface area contributed by atoms with Crippen molar-refractivity contribution in [2.24, 2.45) is 5.73 Å². The average molecular weight is 292 g/mol. The first-order chi connectivity index (χ1) is 6.60. The van der Waals surface area contributed by atoms with Crippen molar-refractivity contribution in [3.8, 4) is 11.8 Å². The molecule has 1 rings (SSSR count). The van der Waals surface area contributed by atoms with Crippen LogP contribution in [0.5, 0.6) is 5.75 Å². The monoisotopic (exact) mass is 290 g/mol. The van der Waals surface area contributed by atoms with Gasteiger partial charge < -0.3 is 10.8 Å². The molecule has 0 aliphatic rings. The zero-order chi connectivity index (χ0) is 10.7. The van der Waals surface area contributed by atoms with Gasteiger partial charge >= 0.3 is 0 Å².